The summed E-state index contributed by atoms with van der Waals surface area (Å²) in [5.41, 5.74) is 0. The van der Waals surface area contributed by atoms with E-state index in [9.17, 15) is 0 Å². The Kier molecular flexibility index (Phi) is 8.16. The topological polar surface area (TPSA) is 25.8 Å². The molecule has 0 aliphatic carbocycles. The average molecular weight is 233 g/mol. The van der Waals surface area contributed by atoms with Crippen LogP contribution in [-0.2, 0) is 0 Å². The van der Waals surface area contributed by atoms with Crippen LogP contribution in [0.5, 0.6) is 0 Å². The Labute approximate surface area is 89.4 Å². The van der Waals surface area contributed by atoms with E-state index >= 15 is 0 Å². The summed E-state index contributed by atoms with van der Waals surface area (Å²) >= 11 is 0. The van der Waals surface area contributed by atoms with Gasteiger partial charge in [0.1, 0.15) is 0 Å². The molecule has 0 aliphatic rings. The molecule has 0 saturated carbocycles. The molecule has 0 fully saturated rings. The maximum absolute atomic E-state index is 3.78. The van der Waals surface area contributed by atoms with Gasteiger partial charge in [-0.25, -0.2) is 0 Å². The number of pyridine rings is 2. The van der Waals surface area contributed by atoms with Crippen LogP contribution in [0.3, 0.4) is 0 Å². The van der Waals surface area contributed by atoms with E-state index < -0.39 is 0 Å². The summed E-state index contributed by atoms with van der Waals surface area (Å²) < 4.78 is 0. The third-order valence-corrected chi connectivity index (χ3v) is 1.13. The molecule has 3 radical (unpaired) electrons. The molecule has 0 aromatic carbocycles. The third kappa shape index (κ3) is 7.23. The molecule has 2 heterocycles. The first-order valence-electron chi connectivity index (χ1n) is 3.70. The zero-order chi connectivity index (χ0) is 8.49. The van der Waals surface area contributed by atoms with Gasteiger partial charge in [-0.1, -0.05) is 12.1 Å². The minimum Gasteiger partial charge on any atom is -0.265 e. The maximum Gasteiger partial charge on any atom is 0.0267 e. The molecular formula is C10H10AsN2. The molecule has 0 N–H and O–H groups in total. The Morgan fingerprint density at radius 2 is 0.769 bits per heavy atom. The van der Waals surface area contributed by atoms with E-state index in [2.05, 4.69) is 9.97 Å². The van der Waals surface area contributed by atoms with Crippen molar-refractivity contribution in [1.29, 1.82) is 0 Å². The van der Waals surface area contributed by atoms with E-state index in [-0.39, 0.29) is 18.0 Å². The minimum atomic E-state index is 0. The van der Waals surface area contributed by atoms with Crippen molar-refractivity contribution < 1.29 is 0 Å². The molecule has 0 atom stereocenters. The summed E-state index contributed by atoms with van der Waals surface area (Å²) in [6.45, 7) is 0. The van der Waals surface area contributed by atoms with Crippen molar-refractivity contribution in [2.75, 3.05) is 0 Å². The van der Waals surface area contributed by atoms with Crippen LogP contribution >= 0.6 is 0 Å². The zero-order valence-electron chi connectivity index (χ0n) is 7.12. The molecule has 0 amide bonds. The monoisotopic (exact) mass is 233 g/mol. The first kappa shape index (κ1) is 11.9. The van der Waals surface area contributed by atoms with Gasteiger partial charge < -0.3 is 0 Å². The Morgan fingerprint density at radius 1 is 0.462 bits per heavy atom. The number of rotatable bonds is 0. The Bertz CT molecular complexity index is 188. The van der Waals surface area contributed by atoms with E-state index in [0.29, 0.717) is 0 Å². The average Bonchev–Trinajstić information content (AvgIpc) is 2.24. The number of nitrogens with zero attached hydrogens (tertiary/aromatic N) is 2. The van der Waals surface area contributed by atoms with Gasteiger partial charge in [-0.3, -0.25) is 9.97 Å². The van der Waals surface area contributed by atoms with Crippen molar-refractivity contribution in [2.24, 2.45) is 0 Å². The van der Waals surface area contributed by atoms with E-state index in [4.69, 9.17) is 0 Å². The molecule has 2 rings (SSSR count). The van der Waals surface area contributed by atoms with Gasteiger partial charge in [-0.15, -0.1) is 0 Å². The van der Waals surface area contributed by atoms with E-state index in [0.717, 1.165) is 0 Å². The van der Waals surface area contributed by atoms with Crippen molar-refractivity contribution in [3.8, 4) is 0 Å². The van der Waals surface area contributed by atoms with Gasteiger partial charge >= 0.3 is 0 Å². The van der Waals surface area contributed by atoms with Crippen LogP contribution in [0.4, 0.5) is 0 Å². The van der Waals surface area contributed by atoms with Crippen LogP contribution in [0.15, 0.2) is 61.2 Å². The first-order chi connectivity index (χ1) is 6.00. The van der Waals surface area contributed by atoms with Gasteiger partial charge in [0.25, 0.3) is 0 Å². The molecule has 0 unspecified atom stereocenters. The van der Waals surface area contributed by atoms with Crippen molar-refractivity contribution in [2.45, 2.75) is 0 Å². The summed E-state index contributed by atoms with van der Waals surface area (Å²) in [5, 5.41) is 0. The van der Waals surface area contributed by atoms with Crippen molar-refractivity contribution in [3.05, 3.63) is 61.2 Å². The second-order valence-electron chi connectivity index (χ2n) is 2.05. The normalized spacial score (nSPS) is 7.38. The molecule has 0 saturated heterocycles. The van der Waals surface area contributed by atoms with Gasteiger partial charge in [0.15, 0.2) is 0 Å². The fourth-order valence-electron chi connectivity index (χ4n) is 0.625. The largest absolute Gasteiger partial charge is 0.265 e. The Balaban J connectivity index is 0.000000206. The quantitative estimate of drug-likeness (QED) is 0.648. The van der Waals surface area contributed by atoms with E-state index in [1.807, 2.05) is 36.4 Å². The van der Waals surface area contributed by atoms with Crippen molar-refractivity contribution in [3.63, 3.8) is 0 Å². The molecule has 3 heteroatoms. The van der Waals surface area contributed by atoms with E-state index in [1.165, 1.54) is 0 Å². The summed E-state index contributed by atoms with van der Waals surface area (Å²) in [4.78, 5) is 7.57. The zero-order valence-corrected chi connectivity index (χ0v) is 8.99. The molecule has 0 bridgehead atoms. The summed E-state index contributed by atoms with van der Waals surface area (Å²) in [7, 11) is 0. The Hall–Kier alpha value is -1.14. The Morgan fingerprint density at radius 3 is 0.846 bits per heavy atom. The molecule has 2 nitrogen and oxygen atoms in total. The van der Waals surface area contributed by atoms with Crippen LogP contribution in [-0.4, -0.2) is 27.9 Å². The second kappa shape index (κ2) is 8.95. The van der Waals surface area contributed by atoms with Crippen LogP contribution in [0, 0.1) is 0 Å². The summed E-state index contributed by atoms with van der Waals surface area (Å²) in [6, 6.07) is 11.4. The minimum absolute atomic E-state index is 0. The van der Waals surface area contributed by atoms with Crippen LogP contribution < -0.4 is 0 Å². The predicted molar refractivity (Wildman–Crippen MR) is 54.2 cm³/mol. The number of aromatic nitrogens is 2. The van der Waals surface area contributed by atoms with Crippen LogP contribution in [0.1, 0.15) is 0 Å². The van der Waals surface area contributed by atoms with E-state index in [1.54, 1.807) is 24.8 Å². The van der Waals surface area contributed by atoms with Crippen molar-refractivity contribution in [1.82, 2.24) is 9.97 Å². The van der Waals surface area contributed by atoms with Gasteiger partial charge in [-0.2, -0.15) is 0 Å². The molecule has 0 aliphatic heterocycles. The standard InChI is InChI=1S/2C5H5N.As/c2*1-2-4-6-5-3-1;/h2*1-5H;. The molecule has 2 aromatic heterocycles. The van der Waals surface area contributed by atoms with Gasteiger partial charge in [0.05, 0.1) is 0 Å². The molecular weight excluding hydrogens is 223 g/mol. The second-order valence-corrected chi connectivity index (χ2v) is 2.05. The molecule has 13 heavy (non-hydrogen) atoms. The molecule has 65 valence electrons. The van der Waals surface area contributed by atoms with Crippen LogP contribution in [0.2, 0.25) is 0 Å². The van der Waals surface area contributed by atoms with Gasteiger partial charge in [-0.05, 0) is 24.3 Å². The third-order valence-electron chi connectivity index (χ3n) is 1.13. The summed E-state index contributed by atoms with van der Waals surface area (Å²) in [6.07, 6.45) is 7.00. The maximum atomic E-state index is 3.78. The fourth-order valence-corrected chi connectivity index (χ4v) is 0.625. The van der Waals surface area contributed by atoms with Crippen LogP contribution in [0.25, 0.3) is 0 Å². The predicted octanol–water partition coefficient (Wildman–Crippen LogP) is 1.78. The number of hydrogen-bond donors (Lipinski definition) is 0. The molecule has 0 spiro atoms. The molecule has 2 aromatic rings. The fraction of sp³-hybridized carbons (Fsp3) is 0. The number of hydrogen-bond acceptors (Lipinski definition) is 2. The first-order valence-corrected chi connectivity index (χ1v) is 3.70. The smallest absolute Gasteiger partial charge is 0.0267 e. The van der Waals surface area contributed by atoms with Gasteiger partial charge in [0, 0.05) is 42.7 Å². The SMILES string of the molecule is [As].c1ccncc1.c1ccncc1. The van der Waals surface area contributed by atoms with Gasteiger partial charge in [0.2, 0.25) is 0 Å². The van der Waals surface area contributed by atoms with Crippen molar-refractivity contribution >= 4 is 18.0 Å². The summed E-state index contributed by atoms with van der Waals surface area (Å²) in [5.74, 6) is 0.